The van der Waals surface area contributed by atoms with E-state index in [2.05, 4.69) is 35.6 Å². The van der Waals surface area contributed by atoms with Gasteiger partial charge in [0.2, 0.25) is 0 Å². The second-order valence-electron chi connectivity index (χ2n) is 6.75. The van der Waals surface area contributed by atoms with Crippen LogP contribution in [0.3, 0.4) is 0 Å². The number of amides is 2. The Morgan fingerprint density at radius 3 is 2.76 bits per heavy atom. The fraction of sp³-hybridized carbons (Fsp3) is 0.450. The van der Waals surface area contributed by atoms with Crippen LogP contribution in [0.1, 0.15) is 18.4 Å². The van der Waals surface area contributed by atoms with E-state index in [0.29, 0.717) is 26.2 Å². The highest BCUT2D eigenvalue weighted by Crippen LogP contribution is 2.21. The van der Waals surface area contributed by atoms with Crippen molar-refractivity contribution in [2.24, 2.45) is 0 Å². The van der Waals surface area contributed by atoms with E-state index >= 15 is 0 Å². The highest BCUT2D eigenvalue weighted by Gasteiger charge is 2.32. The van der Waals surface area contributed by atoms with Gasteiger partial charge in [0.25, 0.3) is 0 Å². The molecule has 0 unspecified atom stereocenters. The fourth-order valence-corrected chi connectivity index (χ4v) is 3.62. The van der Waals surface area contributed by atoms with Crippen molar-refractivity contribution in [3.8, 4) is 0 Å². The van der Waals surface area contributed by atoms with Crippen LogP contribution in [0.2, 0.25) is 0 Å². The lowest BCUT2D eigenvalue weighted by Gasteiger charge is -2.35. The Kier molecular flexibility index (Phi) is 4.85. The molecule has 2 heterocycles. The van der Waals surface area contributed by atoms with Gasteiger partial charge in [0.1, 0.15) is 6.10 Å². The topological polar surface area (TPSA) is 50.8 Å². The first-order valence-electron chi connectivity index (χ1n) is 9.03. The Hall–Kier alpha value is -2.11. The molecular formula is C20H24N2O3. The molecule has 2 aromatic rings. The summed E-state index contributed by atoms with van der Waals surface area (Å²) in [7, 11) is 0. The molecule has 4 rings (SSSR count). The molecule has 2 aliphatic rings. The third kappa shape index (κ3) is 3.78. The highest BCUT2D eigenvalue weighted by atomic mass is 16.5. The van der Waals surface area contributed by atoms with Crippen molar-refractivity contribution in [3.05, 3.63) is 48.0 Å². The van der Waals surface area contributed by atoms with Crippen LogP contribution in [0.25, 0.3) is 10.8 Å². The van der Waals surface area contributed by atoms with Gasteiger partial charge in [-0.05, 0) is 35.2 Å². The Labute approximate surface area is 147 Å². The van der Waals surface area contributed by atoms with Crippen molar-refractivity contribution >= 4 is 16.8 Å². The Morgan fingerprint density at radius 2 is 1.92 bits per heavy atom. The predicted octanol–water partition coefficient (Wildman–Crippen LogP) is 2.93. The van der Waals surface area contributed by atoms with E-state index in [-0.39, 0.29) is 18.2 Å². The SMILES string of the molecule is O=C(NCc1ccc2ccccc2c1)N1CCO[C@H]([C@@H]2CCCO2)C1. The average molecular weight is 340 g/mol. The summed E-state index contributed by atoms with van der Waals surface area (Å²) in [6, 6.07) is 14.5. The molecule has 132 valence electrons. The first-order chi connectivity index (χ1) is 12.3. The van der Waals surface area contributed by atoms with Crippen molar-refractivity contribution in [3.63, 3.8) is 0 Å². The van der Waals surface area contributed by atoms with Gasteiger partial charge in [-0.1, -0.05) is 36.4 Å². The van der Waals surface area contributed by atoms with Crippen LogP contribution in [0.5, 0.6) is 0 Å². The Bertz CT molecular complexity index is 743. The van der Waals surface area contributed by atoms with Gasteiger partial charge in [0.05, 0.1) is 19.3 Å². The van der Waals surface area contributed by atoms with Crippen LogP contribution < -0.4 is 5.32 Å². The molecule has 0 bridgehead atoms. The molecule has 25 heavy (non-hydrogen) atoms. The van der Waals surface area contributed by atoms with Crippen LogP contribution in [-0.4, -0.2) is 49.4 Å². The zero-order valence-electron chi connectivity index (χ0n) is 14.3. The van der Waals surface area contributed by atoms with Gasteiger partial charge in [-0.3, -0.25) is 0 Å². The summed E-state index contributed by atoms with van der Waals surface area (Å²) in [5, 5.41) is 5.44. The Balaban J connectivity index is 1.34. The van der Waals surface area contributed by atoms with E-state index in [1.54, 1.807) is 0 Å². The lowest BCUT2D eigenvalue weighted by molar-refractivity contribution is -0.0849. The molecule has 0 aliphatic carbocycles. The number of morpholine rings is 1. The first-order valence-corrected chi connectivity index (χ1v) is 9.03. The lowest BCUT2D eigenvalue weighted by Crippen LogP contribution is -2.52. The van der Waals surface area contributed by atoms with Crippen molar-refractivity contribution in [1.82, 2.24) is 10.2 Å². The molecule has 0 aromatic heterocycles. The minimum Gasteiger partial charge on any atom is -0.375 e. The predicted molar refractivity (Wildman–Crippen MR) is 96.5 cm³/mol. The largest absolute Gasteiger partial charge is 0.375 e. The molecular weight excluding hydrogens is 316 g/mol. The molecule has 2 amide bonds. The smallest absolute Gasteiger partial charge is 0.317 e. The number of rotatable bonds is 3. The number of urea groups is 1. The van der Waals surface area contributed by atoms with Gasteiger partial charge in [-0.25, -0.2) is 4.79 Å². The van der Waals surface area contributed by atoms with Crippen molar-refractivity contribution in [2.45, 2.75) is 31.6 Å². The van der Waals surface area contributed by atoms with Gasteiger partial charge in [-0.2, -0.15) is 0 Å². The van der Waals surface area contributed by atoms with Gasteiger partial charge in [0, 0.05) is 19.7 Å². The maximum absolute atomic E-state index is 12.5. The quantitative estimate of drug-likeness (QED) is 0.935. The van der Waals surface area contributed by atoms with Crippen molar-refractivity contribution in [1.29, 1.82) is 0 Å². The number of ether oxygens (including phenoxy) is 2. The summed E-state index contributed by atoms with van der Waals surface area (Å²) < 4.78 is 11.5. The number of benzene rings is 2. The van der Waals surface area contributed by atoms with Crippen LogP contribution in [0.15, 0.2) is 42.5 Å². The molecule has 0 radical (unpaired) electrons. The van der Waals surface area contributed by atoms with Crippen LogP contribution in [0, 0.1) is 0 Å². The van der Waals surface area contributed by atoms with E-state index in [1.165, 1.54) is 10.8 Å². The molecule has 2 aromatic carbocycles. The summed E-state index contributed by atoms with van der Waals surface area (Å²) >= 11 is 0. The minimum absolute atomic E-state index is 0.00247. The molecule has 0 spiro atoms. The summed E-state index contributed by atoms with van der Waals surface area (Å²) in [6.07, 6.45) is 2.24. The zero-order chi connectivity index (χ0) is 17.1. The lowest BCUT2D eigenvalue weighted by atomic mass is 10.1. The first kappa shape index (κ1) is 16.4. The number of hydrogen-bond donors (Lipinski definition) is 1. The molecule has 5 nitrogen and oxygen atoms in total. The maximum atomic E-state index is 12.5. The van der Waals surface area contributed by atoms with Crippen molar-refractivity contribution < 1.29 is 14.3 Å². The third-order valence-corrected chi connectivity index (χ3v) is 5.02. The molecule has 0 saturated carbocycles. The highest BCUT2D eigenvalue weighted by molar-refractivity contribution is 5.83. The third-order valence-electron chi connectivity index (χ3n) is 5.02. The summed E-state index contributed by atoms with van der Waals surface area (Å²) in [6.45, 7) is 3.15. The summed E-state index contributed by atoms with van der Waals surface area (Å²) in [4.78, 5) is 14.4. The fourth-order valence-electron chi connectivity index (χ4n) is 3.62. The van der Waals surface area contributed by atoms with Gasteiger partial charge in [0.15, 0.2) is 0 Å². The average Bonchev–Trinajstić information content (AvgIpc) is 3.21. The number of nitrogens with zero attached hydrogens (tertiary/aromatic N) is 1. The van der Waals surface area contributed by atoms with Crippen LogP contribution in [0.4, 0.5) is 4.79 Å². The van der Waals surface area contributed by atoms with Crippen LogP contribution >= 0.6 is 0 Å². The molecule has 1 N–H and O–H groups in total. The molecule has 2 fully saturated rings. The number of hydrogen-bond acceptors (Lipinski definition) is 3. The normalized spacial score (nSPS) is 23.8. The number of carbonyl (C=O) groups excluding carboxylic acids is 1. The zero-order valence-corrected chi connectivity index (χ0v) is 14.3. The second kappa shape index (κ2) is 7.42. The minimum atomic E-state index is -0.0283. The van der Waals surface area contributed by atoms with E-state index in [1.807, 2.05) is 17.0 Å². The molecule has 2 atom stereocenters. The second-order valence-corrected chi connectivity index (χ2v) is 6.75. The molecule has 2 saturated heterocycles. The number of nitrogens with one attached hydrogen (secondary N) is 1. The van der Waals surface area contributed by atoms with Crippen LogP contribution in [-0.2, 0) is 16.0 Å². The maximum Gasteiger partial charge on any atom is 0.317 e. The summed E-state index contributed by atoms with van der Waals surface area (Å²) in [5.41, 5.74) is 1.11. The Morgan fingerprint density at radius 1 is 1.08 bits per heavy atom. The number of fused-ring (bicyclic) bond motifs is 1. The number of carbonyl (C=O) groups is 1. The monoisotopic (exact) mass is 340 g/mol. The standard InChI is InChI=1S/C20H24N2O3/c23-20(22-9-11-25-19(14-22)18-6-3-10-24-18)21-13-15-7-8-16-4-1-2-5-17(16)12-15/h1-2,4-5,7-8,12,18-19H,3,6,9-11,13-14H2,(H,21,23)/t18-,19-/m0/s1. The van der Waals surface area contributed by atoms with Gasteiger partial charge in [-0.15, -0.1) is 0 Å². The van der Waals surface area contributed by atoms with Gasteiger partial charge >= 0.3 is 6.03 Å². The van der Waals surface area contributed by atoms with Crippen molar-refractivity contribution in [2.75, 3.05) is 26.3 Å². The van der Waals surface area contributed by atoms with E-state index in [9.17, 15) is 4.79 Å². The molecule has 5 heteroatoms. The van der Waals surface area contributed by atoms with E-state index < -0.39 is 0 Å². The van der Waals surface area contributed by atoms with Gasteiger partial charge < -0.3 is 19.7 Å². The van der Waals surface area contributed by atoms with E-state index in [0.717, 1.165) is 25.0 Å². The van der Waals surface area contributed by atoms with E-state index in [4.69, 9.17) is 9.47 Å². The molecule has 2 aliphatic heterocycles. The summed E-state index contributed by atoms with van der Waals surface area (Å²) in [5.74, 6) is 0.